The topological polar surface area (TPSA) is 76.9 Å². The van der Waals surface area contributed by atoms with E-state index in [4.69, 9.17) is 0 Å². The van der Waals surface area contributed by atoms with E-state index in [1.807, 2.05) is 0 Å². The highest BCUT2D eigenvalue weighted by molar-refractivity contribution is 5.79. The predicted octanol–water partition coefficient (Wildman–Crippen LogP) is -0.602. The Morgan fingerprint density at radius 3 is 2.92 bits per heavy atom. The first-order valence-corrected chi connectivity index (χ1v) is 3.77. The molecule has 0 aromatic carbocycles. The van der Waals surface area contributed by atoms with Crippen molar-refractivity contribution in [3.63, 3.8) is 0 Å². The summed E-state index contributed by atoms with van der Waals surface area (Å²) < 4.78 is 1.34. The van der Waals surface area contributed by atoms with Crippen molar-refractivity contribution in [1.29, 1.82) is 0 Å². The minimum absolute atomic E-state index is 0.178. The molecule has 0 saturated heterocycles. The summed E-state index contributed by atoms with van der Waals surface area (Å²) in [5, 5.41) is 9.64. The van der Waals surface area contributed by atoms with Gasteiger partial charge in [0.25, 0.3) is 0 Å². The second-order valence-corrected chi connectivity index (χ2v) is 2.53. The highest BCUT2D eigenvalue weighted by Crippen LogP contribution is 2.02. The number of hydrogen-bond acceptors (Lipinski definition) is 4. The molecule has 6 nitrogen and oxygen atoms in total. The van der Waals surface area contributed by atoms with E-state index in [1.165, 1.54) is 17.9 Å². The molecule has 1 atom stereocenters. The van der Waals surface area contributed by atoms with Crippen LogP contribution in [0, 0.1) is 0 Å². The van der Waals surface area contributed by atoms with E-state index in [9.17, 15) is 9.59 Å². The Morgan fingerprint density at radius 1 is 1.77 bits per heavy atom. The van der Waals surface area contributed by atoms with Crippen molar-refractivity contribution >= 4 is 12.2 Å². The van der Waals surface area contributed by atoms with Gasteiger partial charge in [0.05, 0.1) is 6.20 Å². The minimum Gasteiger partial charge on any atom is -0.357 e. The van der Waals surface area contributed by atoms with Gasteiger partial charge in [-0.3, -0.25) is 9.59 Å². The van der Waals surface area contributed by atoms with Crippen molar-refractivity contribution < 1.29 is 9.59 Å². The average molecular weight is 182 g/mol. The third-order valence-electron chi connectivity index (χ3n) is 1.67. The van der Waals surface area contributed by atoms with E-state index in [2.05, 4.69) is 15.6 Å². The van der Waals surface area contributed by atoms with E-state index in [0.717, 1.165) is 0 Å². The third kappa shape index (κ3) is 1.90. The molecule has 1 aromatic heterocycles. The van der Waals surface area contributed by atoms with Gasteiger partial charge in [-0.05, 0) is 6.92 Å². The second kappa shape index (κ2) is 3.79. The molecule has 1 rings (SSSR count). The molecule has 0 aliphatic rings. The largest absolute Gasteiger partial charge is 0.357 e. The van der Waals surface area contributed by atoms with Gasteiger partial charge in [-0.15, -0.1) is 5.10 Å². The summed E-state index contributed by atoms with van der Waals surface area (Å²) >= 11 is 0. The van der Waals surface area contributed by atoms with E-state index >= 15 is 0 Å². The summed E-state index contributed by atoms with van der Waals surface area (Å²) in [7, 11) is 1.54. The molecule has 6 heteroatoms. The maximum Gasteiger partial charge on any atom is 0.244 e. The lowest BCUT2D eigenvalue weighted by Crippen LogP contribution is -2.28. The van der Waals surface area contributed by atoms with Crippen LogP contribution in [0.25, 0.3) is 0 Å². The summed E-state index contributed by atoms with van der Waals surface area (Å²) in [6, 6.07) is -0.453. The first-order valence-electron chi connectivity index (χ1n) is 3.77. The van der Waals surface area contributed by atoms with Gasteiger partial charge in [-0.25, -0.2) is 4.68 Å². The molecule has 0 aliphatic carbocycles. The molecule has 0 fully saturated rings. The van der Waals surface area contributed by atoms with Crippen molar-refractivity contribution in [3.8, 4) is 0 Å². The van der Waals surface area contributed by atoms with Crippen LogP contribution in [0.4, 0.5) is 0 Å². The summed E-state index contributed by atoms with van der Waals surface area (Å²) in [6.07, 6.45) is 2.01. The summed E-state index contributed by atoms with van der Waals surface area (Å²) in [6.45, 7) is 1.67. The second-order valence-electron chi connectivity index (χ2n) is 2.53. The number of likely N-dealkylation sites (N-methyl/N-ethyl adjacent to an activating group) is 1. The Labute approximate surface area is 74.9 Å². The lowest BCUT2D eigenvalue weighted by molar-refractivity contribution is -0.123. The summed E-state index contributed by atoms with van der Waals surface area (Å²) in [5.41, 5.74) is 0.218. The molecule has 0 radical (unpaired) electrons. The first kappa shape index (κ1) is 9.37. The predicted molar refractivity (Wildman–Crippen MR) is 44.2 cm³/mol. The Morgan fingerprint density at radius 2 is 2.46 bits per heavy atom. The molecule has 0 spiro atoms. The number of carbonyl (C=O) groups excluding carboxylic acids is 2. The number of aldehydes is 1. The highest BCUT2D eigenvalue weighted by atomic mass is 16.2. The molecular formula is C7H10N4O2. The molecule has 1 unspecified atom stereocenters. The van der Waals surface area contributed by atoms with Gasteiger partial charge in [0.1, 0.15) is 11.7 Å². The molecule has 0 aliphatic heterocycles. The van der Waals surface area contributed by atoms with Gasteiger partial charge in [0.2, 0.25) is 5.91 Å². The average Bonchev–Trinajstić information content (AvgIpc) is 2.63. The van der Waals surface area contributed by atoms with Gasteiger partial charge in [0, 0.05) is 7.05 Å². The minimum atomic E-state index is -0.453. The van der Waals surface area contributed by atoms with E-state index in [-0.39, 0.29) is 11.6 Å². The zero-order chi connectivity index (χ0) is 9.84. The fraction of sp³-hybridized carbons (Fsp3) is 0.429. The fourth-order valence-electron chi connectivity index (χ4n) is 0.863. The molecule has 70 valence electrons. The first-order chi connectivity index (χ1) is 6.19. The molecule has 13 heavy (non-hydrogen) atoms. The third-order valence-corrected chi connectivity index (χ3v) is 1.67. The molecule has 1 aromatic rings. The zero-order valence-corrected chi connectivity index (χ0v) is 7.39. The lowest BCUT2D eigenvalue weighted by atomic mass is 10.3. The molecule has 1 amide bonds. The van der Waals surface area contributed by atoms with Crippen LogP contribution in [-0.4, -0.2) is 34.2 Å². The molecule has 1 N–H and O–H groups in total. The van der Waals surface area contributed by atoms with Crippen molar-refractivity contribution in [2.24, 2.45) is 0 Å². The van der Waals surface area contributed by atoms with Gasteiger partial charge in [0.15, 0.2) is 6.29 Å². The Hall–Kier alpha value is -1.72. The molecule has 0 saturated carbocycles. The fourth-order valence-corrected chi connectivity index (χ4v) is 0.863. The van der Waals surface area contributed by atoms with Crippen LogP contribution in [0.2, 0.25) is 0 Å². The standard InChI is InChI=1S/C7H10N4O2/c1-5(7(13)8-2)11-3-6(4-12)9-10-11/h3-5H,1-2H3,(H,8,13). The number of amides is 1. The summed E-state index contributed by atoms with van der Waals surface area (Å²) in [4.78, 5) is 21.4. The van der Waals surface area contributed by atoms with E-state index in [0.29, 0.717) is 6.29 Å². The number of aromatic nitrogens is 3. The van der Waals surface area contributed by atoms with E-state index < -0.39 is 6.04 Å². The number of nitrogens with zero attached hydrogens (tertiary/aromatic N) is 3. The lowest BCUT2D eigenvalue weighted by Gasteiger charge is -2.08. The van der Waals surface area contributed by atoms with Gasteiger partial charge < -0.3 is 5.32 Å². The van der Waals surface area contributed by atoms with E-state index in [1.54, 1.807) is 6.92 Å². The normalized spacial score (nSPS) is 12.2. The van der Waals surface area contributed by atoms with Crippen LogP contribution in [0.5, 0.6) is 0 Å². The van der Waals surface area contributed by atoms with Crippen LogP contribution in [0.1, 0.15) is 23.5 Å². The monoisotopic (exact) mass is 182 g/mol. The maximum atomic E-state index is 11.1. The Bertz CT molecular complexity index is 320. The van der Waals surface area contributed by atoms with Crippen molar-refractivity contribution in [1.82, 2.24) is 20.3 Å². The Kier molecular flexibility index (Phi) is 2.73. The highest BCUT2D eigenvalue weighted by Gasteiger charge is 2.14. The summed E-state index contributed by atoms with van der Waals surface area (Å²) in [5.74, 6) is -0.178. The molecule has 0 bridgehead atoms. The van der Waals surface area contributed by atoms with Crippen LogP contribution in [-0.2, 0) is 4.79 Å². The number of nitrogens with one attached hydrogen (secondary N) is 1. The SMILES string of the molecule is CNC(=O)C(C)n1cc(C=O)nn1. The number of hydrogen-bond donors (Lipinski definition) is 1. The maximum absolute atomic E-state index is 11.1. The zero-order valence-electron chi connectivity index (χ0n) is 7.39. The van der Waals surface area contributed by atoms with Gasteiger partial charge >= 0.3 is 0 Å². The number of carbonyl (C=O) groups is 2. The van der Waals surface area contributed by atoms with Crippen LogP contribution >= 0.6 is 0 Å². The Balaban J connectivity index is 2.82. The smallest absolute Gasteiger partial charge is 0.244 e. The van der Waals surface area contributed by atoms with Gasteiger partial charge in [-0.2, -0.15) is 0 Å². The van der Waals surface area contributed by atoms with Gasteiger partial charge in [-0.1, -0.05) is 5.21 Å². The van der Waals surface area contributed by atoms with Crippen LogP contribution in [0.15, 0.2) is 6.20 Å². The number of rotatable bonds is 3. The van der Waals surface area contributed by atoms with Crippen LogP contribution < -0.4 is 5.32 Å². The molecular weight excluding hydrogens is 172 g/mol. The van der Waals surface area contributed by atoms with Crippen molar-refractivity contribution in [2.45, 2.75) is 13.0 Å². The molecule has 1 heterocycles. The van der Waals surface area contributed by atoms with Crippen molar-refractivity contribution in [2.75, 3.05) is 7.05 Å². The quantitative estimate of drug-likeness (QED) is 0.633. The van der Waals surface area contributed by atoms with Crippen LogP contribution in [0.3, 0.4) is 0 Å². The van der Waals surface area contributed by atoms with Crippen molar-refractivity contribution in [3.05, 3.63) is 11.9 Å².